The first-order chi connectivity index (χ1) is 8.33. The van der Waals surface area contributed by atoms with Crippen LogP contribution in [0.5, 0.6) is 0 Å². The maximum atomic E-state index is 8.97. The second kappa shape index (κ2) is 6.40. The zero-order valence-electron chi connectivity index (χ0n) is 9.85. The van der Waals surface area contributed by atoms with Crippen LogP contribution in [0.4, 0.5) is 0 Å². The van der Waals surface area contributed by atoms with Crippen molar-refractivity contribution in [3.05, 3.63) is 29.3 Å². The lowest BCUT2D eigenvalue weighted by atomic mass is 10.1. The van der Waals surface area contributed by atoms with Crippen LogP contribution < -0.4 is 5.32 Å². The molecule has 0 amide bonds. The van der Waals surface area contributed by atoms with Crippen LogP contribution in [0.1, 0.15) is 17.5 Å². The molecule has 1 heterocycles. The first kappa shape index (κ1) is 12.9. The van der Waals surface area contributed by atoms with Crippen molar-refractivity contribution >= 4 is 11.8 Å². The topological polar surface area (TPSA) is 52.5 Å². The summed E-state index contributed by atoms with van der Waals surface area (Å²) in [6.45, 7) is 0.637. The van der Waals surface area contributed by atoms with E-state index in [1.807, 2.05) is 11.8 Å². The predicted octanol–water partition coefficient (Wildman–Crippen LogP) is 1.17. The van der Waals surface area contributed by atoms with E-state index < -0.39 is 0 Å². The fourth-order valence-electron chi connectivity index (χ4n) is 1.97. The largest absolute Gasteiger partial charge is 0.395 e. The number of thioether (sulfide) groups is 1. The van der Waals surface area contributed by atoms with Crippen LogP contribution >= 0.6 is 11.8 Å². The summed E-state index contributed by atoms with van der Waals surface area (Å²) in [7, 11) is 0. The van der Waals surface area contributed by atoms with Crippen LogP contribution in [-0.4, -0.2) is 35.2 Å². The van der Waals surface area contributed by atoms with Gasteiger partial charge in [0, 0.05) is 11.4 Å². The van der Waals surface area contributed by atoms with Gasteiger partial charge in [0.05, 0.1) is 19.3 Å². The standard InChI is InChI=1S/C13H19NO2S/c15-8-12(9-16)14-7-10-3-4-13-11(6-10)2-1-5-17-13/h3-4,6,12,14-16H,1-2,5,7-9H2. The molecule has 0 fully saturated rings. The first-order valence-electron chi connectivity index (χ1n) is 6.03. The van der Waals surface area contributed by atoms with Crippen molar-refractivity contribution in [2.45, 2.75) is 30.3 Å². The zero-order chi connectivity index (χ0) is 12.1. The maximum Gasteiger partial charge on any atom is 0.0607 e. The molecule has 0 aliphatic carbocycles. The van der Waals surface area contributed by atoms with Gasteiger partial charge in [-0.1, -0.05) is 12.1 Å². The van der Waals surface area contributed by atoms with Gasteiger partial charge in [-0.15, -0.1) is 11.8 Å². The van der Waals surface area contributed by atoms with E-state index in [2.05, 4.69) is 23.5 Å². The van der Waals surface area contributed by atoms with E-state index in [9.17, 15) is 0 Å². The van der Waals surface area contributed by atoms with Crippen molar-refractivity contribution in [2.75, 3.05) is 19.0 Å². The molecule has 1 aromatic carbocycles. The summed E-state index contributed by atoms with van der Waals surface area (Å²) >= 11 is 1.93. The van der Waals surface area contributed by atoms with Gasteiger partial charge in [0.25, 0.3) is 0 Å². The fourth-order valence-corrected chi connectivity index (χ4v) is 2.99. The number of hydrogen-bond acceptors (Lipinski definition) is 4. The Balaban J connectivity index is 1.97. The van der Waals surface area contributed by atoms with Crippen molar-refractivity contribution in [3.8, 4) is 0 Å². The fraction of sp³-hybridized carbons (Fsp3) is 0.538. The Morgan fingerprint density at radius 3 is 2.88 bits per heavy atom. The van der Waals surface area contributed by atoms with E-state index >= 15 is 0 Å². The summed E-state index contributed by atoms with van der Waals surface area (Å²) in [5.41, 5.74) is 2.66. The molecule has 0 radical (unpaired) electrons. The van der Waals surface area contributed by atoms with Crippen molar-refractivity contribution in [1.29, 1.82) is 0 Å². The van der Waals surface area contributed by atoms with E-state index in [-0.39, 0.29) is 19.3 Å². The molecule has 1 aromatic rings. The van der Waals surface area contributed by atoms with Crippen molar-refractivity contribution in [1.82, 2.24) is 5.32 Å². The average Bonchev–Trinajstić information content (AvgIpc) is 2.40. The Kier molecular flexibility index (Phi) is 4.86. The Labute approximate surface area is 106 Å². The number of nitrogens with one attached hydrogen (secondary N) is 1. The van der Waals surface area contributed by atoms with Gasteiger partial charge in [-0.2, -0.15) is 0 Å². The highest BCUT2D eigenvalue weighted by molar-refractivity contribution is 7.99. The minimum absolute atomic E-state index is 0.0305. The molecule has 0 atom stereocenters. The summed E-state index contributed by atoms with van der Waals surface area (Å²) in [6.07, 6.45) is 2.42. The lowest BCUT2D eigenvalue weighted by Crippen LogP contribution is -2.35. The highest BCUT2D eigenvalue weighted by Crippen LogP contribution is 2.30. The molecule has 2 rings (SSSR count). The lowest BCUT2D eigenvalue weighted by molar-refractivity contribution is 0.170. The van der Waals surface area contributed by atoms with Gasteiger partial charge in [0.1, 0.15) is 0 Å². The molecular formula is C13H19NO2S. The molecule has 94 valence electrons. The van der Waals surface area contributed by atoms with Gasteiger partial charge in [-0.3, -0.25) is 0 Å². The van der Waals surface area contributed by atoms with Crippen LogP contribution in [-0.2, 0) is 13.0 Å². The van der Waals surface area contributed by atoms with E-state index in [1.54, 1.807) is 0 Å². The molecule has 0 saturated heterocycles. The third-order valence-electron chi connectivity index (χ3n) is 3.01. The molecule has 1 aliphatic rings. The highest BCUT2D eigenvalue weighted by Gasteiger charge is 2.10. The molecule has 0 aromatic heterocycles. The zero-order valence-corrected chi connectivity index (χ0v) is 10.7. The number of aryl methyl sites for hydroxylation is 1. The van der Waals surface area contributed by atoms with Crippen LogP contribution in [0.15, 0.2) is 23.1 Å². The number of hydrogen-bond donors (Lipinski definition) is 3. The van der Waals surface area contributed by atoms with Gasteiger partial charge < -0.3 is 15.5 Å². The van der Waals surface area contributed by atoms with E-state index in [4.69, 9.17) is 10.2 Å². The lowest BCUT2D eigenvalue weighted by Gasteiger charge is -2.17. The van der Waals surface area contributed by atoms with Crippen LogP contribution in [0.25, 0.3) is 0 Å². The smallest absolute Gasteiger partial charge is 0.0607 e. The Hall–Kier alpha value is -0.550. The molecular weight excluding hydrogens is 234 g/mol. The average molecular weight is 253 g/mol. The minimum atomic E-state index is -0.222. The third-order valence-corrected chi connectivity index (χ3v) is 4.21. The summed E-state index contributed by atoms with van der Waals surface area (Å²) in [4.78, 5) is 1.40. The molecule has 3 N–H and O–H groups in total. The monoisotopic (exact) mass is 253 g/mol. The number of aliphatic hydroxyl groups excluding tert-OH is 2. The Morgan fingerprint density at radius 1 is 1.29 bits per heavy atom. The molecule has 0 unspecified atom stereocenters. The van der Waals surface area contributed by atoms with Crippen LogP contribution in [0, 0.1) is 0 Å². The molecule has 17 heavy (non-hydrogen) atoms. The molecule has 0 bridgehead atoms. The van der Waals surface area contributed by atoms with Gasteiger partial charge >= 0.3 is 0 Å². The third kappa shape index (κ3) is 3.45. The number of benzene rings is 1. The SMILES string of the molecule is OCC(CO)NCc1ccc2c(c1)CCCS2. The summed E-state index contributed by atoms with van der Waals surface area (Å²) < 4.78 is 0. The molecule has 0 saturated carbocycles. The number of rotatable bonds is 5. The molecule has 3 nitrogen and oxygen atoms in total. The Bertz CT molecular complexity index is 366. The molecule has 4 heteroatoms. The maximum absolute atomic E-state index is 8.97. The summed E-state index contributed by atoms with van der Waals surface area (Å²) in [6, 6.07) is 6.32. The van der Waals surface area contributed by atoms with Crippen molar-refractivity contribution in [3.63, 3.8) is 0 Å². The Morgan fingerprint density at radius 2 is 2.12 bits per heavy atom. The quantitative estimate of drug-likeness (QED) is 0.737. The van der Waals surface area contributed by atoms with Crippen LogP contribution in [0.2, 0.25) is 0 Å². The van der Waals surface area contributed by atoms with Crippen molar-refractivity contribution < 1.29 is 10.2 Å². The van der Waals surface area contributed by atoms with Crippen molar-refractivity contribution in [2.24, 2.45) is 0 Å². The van der Waals surface area contributed by atoms with Gasteiger partial charge in [0.2, 0.25) is 0 Å². The summed E-state index contributed by atoms with van der Waals surface area (Å²) in [5.74, 6) is 1.22. The molecule has 0 spiro atoms. The highest BCUT2D eigenvalue weighted by atomic mass is 32.2. The second-order valence-corrected chi connectivity index (χ2v) is 5.47. The van der Waals surface area contributed by atoms with Gasteiger partial charge in [-0.05, 0) is 35.8 Å². The van der Waals surface area contributed by atoms with E-state index in [0.717, 1.165) is 0 Å². The minimum Gasteiger partial charge on any atom is -0.395 e. The predicted molar refractivity (Wildman–Crippen MR) is 70.3 cm³/mol. The first-order valence-corrected chi connectivity index (χ1v) is 7.01. The van der Waals surface area contributed by atoms with E-state index in [1.165, 1.54) is 34.6 Å². The van der Waals surface area contributed by atoms with Crippen LogP contribution in [0.3, 0.4) is 0 Å². The second-order valence-electron chi connectivity index (χ2n) is 4.34. The number of aliphatic hydroxyl groups is 2. The van der Waals surface area contributed by atoms with E-state index in [0.29, 0.717) is 6.54 Å². The number of fused-ring (bicyclic) bond motifs is 1. The normalized spacial score (nSPS) is 15.0. The van der Waals surface area contributed by atoms with Gasteiger partial charge in [-0.25, -0.2) is 0 Å². The summed E-state index contributed by atoms with van der Waals surface area (Å²) in [5, 5.41) is 21.1. The molecule has 1 aliphatic heterocycles. The van der Waals surface area contributed by atoms with Gasteiger partial charge in [0.15, 0.2) is 0 Å².